The second-order valence-corrected chi connectivity index (χ2v) is 8.29. The molecule has 0 spiro atoms. The first kappa shape index (κ1) is 16.6. The molecule has 0 radical (unpaired) electrons. The van der Waals surface area contributed by atoms with Gasteiger partial charge in [0.1, 0.15) is 17.2 Å². The van der Waals surface area contributed by atoms with Crippen LogP contribution in [0.5, 0.6) is 11.5 Å². The van der Waals surface area contributed by atoms with E-state index in [1.807, 2.05) is 23.6 Å². The van der Waals surface area contributed by atoms with Crippen molar-refractivity contribution in [3.8, 4) is 22.8 Å². The van der Waals surface area contributed by atoms with E-state index < -0.39 is 0 Å². The first-order valence-electron chi connectivity index (χ1n) is 9.08. The van der Waals surface area contributed by atoms with E-state index in [1.54, 1.807) is 7.11 Å². The van der Waals surface area contributed by atoms with Gasteiger partial charge in [-0.1, -0.05) is 30.5 Å². The zero-order valence-electron chi connectivity index (χ0n) is 15.5. The molecule has 2 aromatic carbocycles. The summed E-state index contributed by atoms with van der Waals surface area (Å²) in [6.07, 6.45) is 0. The Hall–Kier alpha value is -2.60. The highest BCUT2D eigenvalue weighted by atomic mass is 32.1. The lowest BCUT2D eigenvalue weighted by Gasteiger charge is -2.48. The van der Waals surface area contributed by atoms with E-state index in [1.165, 1.54) is 17.1 Å². The molecule has 27 heavy (non-hydrogen) atoms. The van der Waals surface area contributed by atoms with Crippen molar-refractivity contribution in [2.45, 2.75) is 25.3 Å². The standard InChI is InChI=1S/C21H21N3O2S/c1-21(2)13-9-12(16-11-27-24-23-16)7-8-15(13)22-20-14(21)10-26-18-6-4-5-17(25-3)19(18)20/h4-9,11,14,20,22H,10H2,1-3H3/t14-,20-/m1/s1. The van der Waals surface area contributed by atoms with E-state index in [0.29, 0.717) is 6.61 Å². The fraction of sp³-hybridized carbons (Fsp3) is 0.333. The average molecular weight is 379 g/mol. The number of hydrogen-bond donors (Lipinski definition) is 1. The molecule has 0 saturated heterocycles. The number of hydrogen-bond acceptors (Lipinski definition) is 6. The summed E-state index contributed by atoms with van der Waals surface area (Å²) in [5.74, 6) is 2.07. The number of ether oxygens (including phenoxy) is 2. The Morgan fingerprint density at radius 2 is 2.15 bits per heavy atom. The van der Waals surface area contributed by atoms with Crippen LogP contribution in [0.15, 0.2) is 41.8 Å². The second-order valence-electron chi connectivity index (χ2n) is 7.68. The maximum Gasteiger partial charge on any atom is 0.128 e. The lowest BCUT2D eigenvalue weighted by molar-refractivity contribution is 0.133. The van der Waals surface area contributed by atoms with Gasteiger partial charge in [-0.15, -0.1) is 5.10 Å². The molecule has 0 aliphatic carbocycles. The Kier molecular flexibility index (Phi) is 3.65. The molecule has 0 saturated carbocycles. The molecule has 1 aromatic heterocycles. The minimum atomic E-state index is -0.0662. The van der Waals surface area contributed by atoms with E-state index in [0.717, 1.165) is 34.0 Å². The number of anilines is 1. The van der Waals surface area contributed by atoms with E-state index in [-0.39, 0.29) is 17.4 Å². The van der Waals surface area contributed by atoms with Crippen LogP contribution >= 0.6 is 11.5 Å². The number of nitrogens with zero attached hydrogens (tertiary/aromatic N) is 2. The van der Waals surface area contributed by atoms with Crippen LogP contribution in [-0.4, -0.2) is 23.3 Å². The zero-order chi connectivity index (χ0) is 18.6. The molecule has 2 aliphatic heterocycles. The molecule has 0 unspecified atom stereocenters. The normalized spacial score (nSPS) is 21.9. The van der Waals surface area contributed by atoms with Crippen molar-refractivity contribution in [3.05, 3.63) is 52.9 Å². The molecule has 6 heteroatoms. The summed E-state index contributed by atoms with van der Waals surface area (Å²) >= 11 is 1.38. The molecule has 1 N–H and O–H groups in total. The summed E-state index contributed by atoms with van der Waals surface area (Å²) in [6.45, 7) is 5.28. The van der Waals surface area contributed by atoms with Crippen molar-refractivity contribution >= 4 is 17.2 Å². The fourth-order valence-electron chi connectivity index (χ4n) is 4.43. The third-order valence-electron chi connectivity index (χ3n) is 5.99. The zero-order valence-corrected chi connectivity index (χ0v) is 16.3. The van der Waals surface area contributed by atoms with Crippen LogP contribution in [0.25, 0.3) is 11.3 Å². The molecule has 5 nitrogen and oxygen atoms in total. The smallest absolute Gasteiger partial charge is 0.128 e. The molecular weight excluding hydrogens is 358 g/mol. The van der Waals surface area contributed by atoms with Crippen LogP contribution in [0.4, 0.5) is 5.69 Å². The van der Waals surface area contributed by atoms with Crippen LogP contribution in [0, 0.1) is 5.92 Å². The SMILES string of the molecule is COc1cccc2c1[C@@H]1Nc3ccc(-c4csnn4)cc3C(C)(C)[C@@H]1CO2. The molecule has 2 atom stereocenters. The minimum absolute atomic E-state index is 0.0662. The van der Waals surface area contributed by atoms with Crippen molar-refractivity contribution in [1.82, 2.24) is 9.59 Å². The minimum Gasteiger partial charge on any atom is -0.496 e. The van der Waals surface area contributed by atoms with Crippen molar-refractivity contribution in [2.24, 2.45) is 5.92 Å². The maximum absolute atomic E-state index is 6.15. The highest BCUT2D eigenvalue weighted by molar-refractivity contribution is 7.03. The van der Waals surface area contributed by atoms with Gasteiger partial charge in [0.05, 0.1) is 25.3 Å². The number of fused-ring (bicyclic) bond motifs is 4. The third-order valence-corrected chi connectivity index (χ3v) is 6.49. The molecule has 0 fully saturated rings. The molecule has 5 rings (SSSR count). The van der Waals surface area contributed by atoms with E-state index >= 15 is 0 Å². The quantitative estimate of drug-likeness (QED) is 0.701. The average Bonchev–Trinajstić information content (AvgIpc) is 3.22. The van der Waals surface area contributed by atoms with Crippen LogP contribution < -0.4 is 14.8 Å². The number of rotatable bonds is 2. The maximum atomic E-state index is 6.15. The third kappa shape index (κ3) is 2.43. The van der Waals surface area contributed by atoms with Gasteiger partial charge >= 0.3 is 0 Å². The van der Waals surface area contributed by atoms with Gasteiger partial charge in [0.2, 0.25) is 0 Å². The topological polar surface area (TPSA) is 56.3 Å². The predicted octanol–water partition coefficient (Wildman–Crippen LogP) is 4.67. The van der Waals surface area contributed by atoms with Crippen LogP contribution in [0.1, 0.15) is 31.0 Å². The molecule has 0 amide bonds. The second kappa shape index (κ2) is 5.96. The number of nitrogens with one attached hydrogen (secondary N) is 1. The lowest BCUT2D eigenvalue weighted by atomic mass is 9.65. The number of methoxy groups -OCH3 is 1. The molecule has 0 bridgehead atoms. The molecular formula is C21H21N3O2S. The van der Waals surface area contributed by atoms with Crippen LogP contribution in [0.2, 0.25) is 0 Å². The number of aromatic nitrogens is 2. The van der Waals surface area contributed by atoms with Gasteiger partial charge in [-0.05, 0) is 41.4 Å². The Morgan fingerprint density at radius 1 is 1.26 bits per heavy atom. The summed E-state index contributed by atoms with van der Waals surface area (Å²) in [5, 5.41) is 9.97. The summed E-state index contributed by atoms with van der Waals surface area (Å²) in [5.41, 5.74) is 5.52. The van der Waals surface area contributed by atoms with Gasteiger partial charge in [-0.25, -0.2) is 0 Å². The van der Waals surface area contributed by atoms with Gasteiger partial charge in [-0.2, -0.15) is 0 Å². The lowest BCUT2D eigenvalue weighted by Crippen LogP contribution is -2.46. The van der Waals surface area contributed by atoms with Gasteiger partial charge in [0.25, 0.3) is 0 Å². The molecule has 3 aromatic rings. The first-order chi connectivity index (χ1) is 13.1. The Morgan fingerprint density at radius 3 is 2.93 bits per heavy atom. The highest BCUT2D eigenvalue weighted by Crippen LogP contribution is 2.54. The molecule has 2 aliphatic rings. The van der Waals surface area contributed by atoms with Gasteiger partial charge < -0.3 is 14.8 Å². The summed E-state index contributed by atoms with van der Waals surface area (Å²) in [7, 11) is 1.72. The fourth-order valence-corrected chi connectivity index (χ4v) is 4.89. The van der Waals surface area contributed by atoms with Crippen molar-refractivity contribution in [1.29, 1.82) is 0 Å². The summed E-state index contributed by atoms with van der Waals surface area (Å²) in [6, 6.07) is 12.7. The summed E-state index contributed by atoms with van der Waals surface area (Å²) < 4.78 is 15.8. The van der Waals surface area contributed by atoms with Crippen molar-refractivity contribution in [3.63, 3.8) is 0 Å². The Bertz CT molecular complexity index is 986. The summed E-state index contributed by atoms with van der Waals surface area (Å²) in [4.78, 5) is 0. The highest BCUT2D eigenvalue weighted by Gasteiger charge is 2.47. The number of benzene rings is 2. The van der Waals surface area contributed by atoms with Crippen LogP contribution in [-0.2, 0) is 5.41 Å². The van der Waals surface area contributed by atoms with E-state index in [9.17, 15) is 0 Å². The predicted molar refractivity (Wildman–Crippen MR) is 107 cm³/mol. The largest absolute Gasteiger partial charge is 0.496 e. The van der Waals surface area contributed by atoms with Gasteiger partial charge in [0.15, 0.2) is 0 Å². The first-order valence-corrected chi connectivity index (χ1v) is 9.91. The van der Waals surface area contributed by atoms with Crippen molar-refractivity contribution < 1.29 is 9.47 Å². The Balaban J connectivity index is 1.64. The Labute approximate surface area is 162 Å². The van der Waals surface area contributed by atoms with E-state index in [2.05, 4.69) is 47.0 Å². The monoisotopic (exact) mass is 379 g/mol. The van der Waals surface area contributed by atoms with Gasteiger partial charge in [0, 0.05) is 28.0 Å². The van der Waals surface area contributed by atoms with Crippen LogP contribution in [0.3, 0.4) is 0 Å². The van der Waals surface area contributed by atoms with Crippen molar-refractivity contribution in [2.75, 3.05) is 19.0 Å². The molecule has 138 valence electrons. The molecule has 3 heterocycles. The van der Waals surface area contributed by atoms with E-state index in [4.69, 9.17) is 9.47 Å². The van der Waals surface area contributed by atoms with Gasteiger partial charge in [-0.3, -0.25) is 0 Å².